The summed E-state index contributed by atoms with van der Waals surface area (Å²) in [5.74, 6) is -0.929. The second kappa shape index (κ2) is 7.79. The Balaban J connectivity index is 2.01. The Kier molecular flexibility index (Phi) is 5.47. The lowest BCUT2D eigenvalue weighted by atomic mass is 9.85. The van der Waals surface area contributed by atoms with Crippen LogP contribution >= 0.6 is 11.8 Å². The average Bonchev–Trinajstić information content (AvgIpc) is 2.99. The van der Waals surface area contributed by atoms with Crippen LogP contribution in [0.1, 0.15) is 35.7 Å². The van der Waals surface area contributed by atoms with Gasteiger partial charge >= 0.3 is 5.97 Å². The van der Waals surface area contributed by atoms with Gasteiger partial charge in [-0.15, -0.1) is 0 Å². The number of nitrogens with two attached hydrogens (primary N) is 1. The van der Waals surface area contributed by atoms with Crippen molar-refractivity contribution in [1.82, 2.24) is 0 Å². The molecule has 0 aromatic heterocycles. The first kappa shape index (κ1) is 18.3. The minimum atomic E-state index is -0.491. The Labute approximate surface area is 157 Å². The van der Waals surface area contributed by atoms with Crippen molar-refractivity contribution in [2.75, 3.05) is 0 Å². The smallest absolute Gasteiger partial charge is 0.337 e. The molecule has 2 aromatic carbocycles. The molecule has 1 aliphatic heterocycles. The zero-order chi connectivity index (χ0) is 18.7. The first-order valence-corrected chi connectivity index (χ1v) is 9.38. The van der Waals surface area contributed by atoms with Crippen molar-refractivity contribution in [2.45, 2.75) is 31.1 Å². The maximum absolute atomic E-state index is 13.1. The molecule has 1 heterocycles. The van der Waals surface area contributed by atoms with Crippen molar-refractivity contribution in [1.29, 1.82) is 0 Å². The average molecular weight is 367 g/mol. The Bertz CT molecular complexity index is 831. The lowest BCUT2D eigenvalue weighted by molar-refractivity contribution is -0.142. The molecule has 0 saturated heterocycles. The quantitative estimate of drug-likeness (QED) is 0.641. The van der Waals surface area contributed by atoms with Crippen LogP contribution in [0.25, 0.3) is 0 Å². The summed E-state index contributed by atoms with van der Waals surface area (Å²) in [5.41, 5.74) is 8.05. The van der Waals surface area contributed by atoms with Gasteiger partial charge < -0.3 is 10.5 Å². The molecule has 2 aromatic rings. The second-order valence-electron chi connectivity index (χ2n) is 6.39. The van der Waals surface area contributed by atoms with Gasteiger partial charge in [0.25, 0.3) is 0 Å². The van der Waals surface area contributed by atoms with Crippen LogP contribution in [0, 0.1) is 0 Å². The summed E-state index contributed by atoms with van der Waals surface area (Å²) in [6.07, 6.45) is -0.256. The van der Waals surface area contributed by atoms with Crippen LogP contribution in [-0.2, 0) is 9.53 Å². The number of hydrogen-bond acceptors (Lipinski definition) is 5. The van der Waals surface area contributed by atoms with E-state index in [9.17, 15) is 9.59 Å². The third kappa shape index (κ3) is 3.68. The lowest BCUT2D eigenvalue weighted by Crippen LogP contribution is -2.27. The fourth-order valence-electron chi connectivity index (χ4n) is 3.05. The van der Waals surface area contributed by atoms with Crippen molar-refractivity contribution in [3.05, 3.63) is 82.4 Å². The number of esters is 1. The molecule has 2 N–H and O–H groups in total. The fraction of sp³-hybridized carbons (Fsp3) is 0.238. The number of carbonyl (C=O) groups is 2. The second-order valence-corrected chi connectivity index (χ2v) is 7.57. The SMILES string of the molecule is CC(C)OC(=O)C1=C(N)S[C@@H](C(=O)c2ccccc2)[C@@H]1c1ccccc1. The molecule has 0 unspecified atom stereocenters. The lowest BCUT2D eigenvalue weighted by Gasteiger charge is -2.21. The highest BCUT2D eigenvalue weighted by Gasteiger charge is 2.44. The Morgan fingerprint density at radius 1 is 1.00 bits per heavy atom. The van der Waals surface area contributed by atoms with Gasteiger partial charge in [0.15, 0.2) is 5.78 Å². The summed E-state index contributed by atoms with van der Waals surface area (Å²) < 4.78 is 5.39. The molecule has 0 aliphatic carbocycles. The van der Waals surface area contributed by atoms with Gasteiger partial charge in [0.1, 0.15) is 0 Å². The van der Waals surface area contributed by atoms with Crippen LogP contribution in [0.4, 0.5) is 0 Å². The number of Topliss-reactive ketones (excluding diaryl/α,β-unsaturated/α-hetero) is 1. The number of ether oxygens (including phenoxy) is 1. The van der Waals surface area contributed by atoms with Crippen molar-refractivity contribution in [3.8, 4) is 0 Å². The molecule has 0 radical (unpaired) electrons. The molecule has 0 amide bonds. The number of rotatable bonds is 5. The molecule has 4 nitrogen and oxygen atoms in total. The predicted molar refractivity (Wildman–Crippen MR) is 104 cm³/mol. The predicted octanol–water partition coefficient (Wildman–Crippen LogP) is 3.89. The summed E-state index contributed by atoms with van der Waals surface area (Å²) in [6, 6.07) is 18.6. The van der Waals surface area contributed by atoms with Crippen LogP contribution in [0.2, 0.25) is 0 Å². The molecule has 0 fully saturated rings. The van der Waals surface area contributed by atoms with Gasteiger partial charge in [0.05, 0.1) is 22.0 Å². The van der Waals surface area contributed by atoms with Crippen LogP contribution in [-0.4, -0.2) is 23.1 Å². The summed E-state index contributed by atoms with van der Waals surface area (Å²) in [4.78, 5) is 25.8. The number of ketones is 1. The molecular weight excluding hydrogens is 346 g/mol. The van der Waals surface area contributed by atoms with E-state index in [2.05, 4.69) is 0 Å². The monoisotopic (exact) mass is 367 g/mol. The maximum atomic E-state index is 13.1. The van der Waals surface area contributed by atoms with Gasteiger partial charge in [0.2, 0.25) is 0 Å². The van der Waals surface area contributed by atoms with Gasteiger partial charge in [-0.3, -0.25) is 4.79 Å². The normalized spacial score (nSPS) is 19.7. The summed E-state index contributed by atoms with van der Waals surface area (Å²) >= 11 is 1.24. The topological polar surface area (TPSA) is 69.4 Å². The zero-order valence-corrected chi connectivity index (χ0v) is 15.5. The van der Waals surface area contributed by atoms with E-state index in [0.29, 0.717) is 16.2 Å². The highest BCUT2D eigenvalue weighted by atomic mass is 32.2. The first-order chi connectivity index (χ1) is 12.5. The molecule has 1 aliphatic rings. The number of carbonyl (C=O) groups excluding carboxylic acids is 2. The Hall–Kier alpha value is -2.53. The molecule has 2 atom stereocenters. The summed E-state index contributed by atoms with van der Waals surface area (Å²) in [7, 11) is 0. The summed E-state index contributed by atoms with van der Waals surface area (Å²) in [6.45, 7) is 3.59. The van der Waals surface area contributed by atoms with Crippen molar-refractivity contribution in [2.24, 2.45) is 5.73 Å². The highest BCUT2D eigenvalue weighted by molar-refractivity contribution is 8.04. The van der Waals surface area contributed by atoms with E-state index in [1.165, 1.54) is 11.8 Å². The van der Waals surface area contributed by atoms with Gasteiger partial charge in [-0.1, -0.05) is 72.4 Å². The summed E-state index contributed by atoms with van der Waals surface area (Å²) in [5, 5.41) is -0.131. The van der Waals surface area contributed by atoms with Crippen LogP contribution in [0.5, 0.6) is 0 Å². The van der Waals surface area contributed by atoms with Gasteiger partial charge in [-0.2, -0.15) is 0 Å². The van der Waals surface area contributed by atoms with Crippen LogP contribution in [0.15, 0.2) is 71.3 Å². The van der Waals surface area contributed by atoms with E-state index >= 15 is 0 Å². The van der Waals surface area contributed by atoms with E-state index in [-0.39, 0.29) is 11.9 Å². The third-order valence-corrected chi connectivity index (χ3v) is 5.39. The fourth-order valence-corrected chi connectivity index (χ4v) is 4.33. The molecule has 26 heavy (non-hydrogen) atoms. The molecule has 134 valence electrons. The van der Waals surface area contributed by atoms with E-state index in [1.807, 2.05) is 48.5 Å². The Morgan fingerprint density at radius 2 is 1.58 bits per heavy atom. The molecule has 0 saturated carbocycles. The Morgan fingerprint density at radius 3 is 2.15 bits per heavy atom. The minimum absolute atomic E-state index is 0.0419. The zero-order valence-electron chi connectivity index (χ0n) is 14.7. The van der Waals surface area contributed by atoms with Gasteiger partial charge in [0, 0.05) is 11.5 Å². The molecular formula is C21H21NO3S. The third-order valence-electron chi connectivity index (χ3n) is 4.17. The minimum Gasteiger partial charge on any atom is -0.460 e. The molecule has 0 bridgehead atoms. The van der Waals surface area contributed by atoms with E-state index in [0.717, 1.165) is 5.56 Å². The van der Waals surface area contributed by atoms with Gasteiger partial charge in [-0.25, -0.2) is 4.79 Å². The molecule has 3 rings (SSSR count). The first-order valence-electron chi connectivity index (χ1n) is 8.50. The standard InChI is InChI=1S/C21H21NO3S/c1-13(2)25-21(24)17-16(14-9-5-3-6-10-14)19(26-20(17)22)18(23)15-11-7-4-8-12-15/h3-13,16,19H,22H2,1-2H3/t16-,19-/m1/s1. The van der Waals surface area contributed by atoms with Crippen LogP contribution in [0.3, 0.4) is 0 Å². The molecule has 5 heteroatoms. The van der Waals surface area contributed by atoms with Crippen molar-refractivity contribution >= 4 is 23.5 Å². The van der Waals surface area contributed by atoms with E-state index in [1.54, 1.807) is 26.0 Å². The van der Waals surface area contributed by atoms with Crippen molar-refractivity contribution < 1.29 is 14.3 Å². The largest absolute Gasteiger partial charge is 0.460 e. The number of hydrogen-bond donors (Lipinski definition) is 1. The van der Waals surface area contributed by atoms with Crippen molar-refractivity contribution in [3.63, 3.8) is 0 Å². The number of benzene rings is 2. The van der Waals surface area contributed by atoms with Gasteiger partial charge in [-0.05, 0) is 19.4 Å². The van der Waals surface area contributed by atoms with E-state index in [4.69, 9.17) is 10.5 Å². The molecule has 0 spiro atoms. The van der Waals surface area contributed by atoms with E-state index < -0.39 is 17.1 Å². The number of thioether (sulfide) groups is 1. The van der Waals surface area contributed by atoms with Crippen LogP contribution < -0.4 is 5.73 Å². The highest BCUT2D eigenvalue weighted by Crippen LogP contribution is 2.47. The maximum Gasteiger partial charge on any atom is 0.337 e.